The molecule has 82 valence electrons. The van der Waals surface area contributed by atoms with Gasteiger partial charge in [-0.3, -0.25) is 10.1 Å². The molecule has 2 atom stereocenters. The molecule has 0 amide bonds. The van der Waals surface area contributed by atoms with Crippen LogP contribution in [0.4, 0.5) is 0 Å². The number of rotatable bonds is 1. The van der Waals surface area contributed by atoms with Crippen LogP contribution in [0.2, 0.25) is 0 Å². The smallest absolute Gasteiger partial charge is 0.319 e. The number of nitrogens with zero attached hydrogens (tertiary/aromatic N) is 1. The van der Waals surface area contributed by atoms with E-state index in [-0.39, 0.29) is 31.1 Å². The summed E-state index contributed by atoms with van der Waals surface area (Å²) in [6.07, 6.45) is 0. The highest BCUT2D eigenvalue weighted by atomic mass is 16.5. The first-order valence-electron chi connectivity index (χ1n) is 5.15. The average Bonchev–Trinajstić information content (AvgIpc) is 2.52. The number of esters is 1. The van der Waals surface area contributed by atoms with Gasteiger partial charge in [-0.2, -0.15) is 5.26 Å². The van der Waals surface area contributed by atoms with E-state index < -0.39 is 0 Å². The highest BCUT2D eigenvalue weighted by Gasteiger charge is 2.27. The Bertz CT molecular complexity index is 411. The van der Waals surface area contributed by atoms with E-state index in [1.165, 1.54) is 0 Å². The highest BCUT2D eigenvalue weighted by molar-refractivity contribution is 5.72. The molecule has 0 radical (unpaired) electrons. The number of carbonyl (C=O) groups excluding carboxylic acids is 1. The zero-order chi connectivity index (χ0) is 11.4. The minimum absolute atomic E-state index is 0.141. The van der Waals surface area contributed by atoms with Crippen molar-refractivity contribution in [3.8, 4) is 6.07 Å². The van der Waals surface area contributed by atoms with Crippen molar-refractivity contribution in [2.45, 2.75) is 6.04 Å². The molecule has 16 heavy (non-hydrogen) atoms. The first-order valence-corrected chi connectivity index (χ1v) is 5.15. The van der Waals surface area contributed by atoms with Gasteiger partial charge in [-0.25, -0.2) is 0 Å². The lowest BCUT2D eigenvalue weighted by Crippen LogP contribution is -2.28. The summed E-state index contributed by atoms with van der Waals surface area (Å²) in [5.41, 5.74) is 1.01. The molecular weight excluding hydrogens is 204 g/mol. The fourth-order valence-corrected chi connectivity index (χ4v) is 1.79. The van der Waals surface area contributed by atoms with E-state index >= 15 is 0 Å². The fourth-order valence-electron chi connectivity index (χ4n) is 1.79. The third kappa shape index (κ3) is 2.20. The van der Waals surface area contributed by atoms with Crippen LogP contribution >= 0.6 is 0 Å². The predicted octanol–water partition coefficient (Wildman–Crippen LogP) is 1.01. The number of hydrogen-bond acceptors (Lipinski definition) is 4. The molecule has 1 heterocycles. The zero-order valence-electron chi connectivity index (χ0n) is 8.72. The van der Waals surface area contributed by atoms with E-state index in [4.69, 9.17) is 10.00 Å². The van der Waals surface area contributed by atoms with Crippen molar-refractivity contribution in [3.05, 3.63) is 35.9 Å². The lowest BCUT2D eigenvalue weighted by molar-refractivity contribution is -0.141. The van der Waals surface area contributed by atoms with Crippen molar-refractivity contribution >= 4 is 5.97 Å². The maximum Gasteiger partial charge on any atom is 0.319 e. The number of carbonyl (C=O) groups is 1. The van der Waals surface area contributed by atoms with E-state index in [2.05, 4.69) is 11.4 Å². The first kappa shape index (κ1) is 10.7. The molecule has 1 aromatic carbocycles. The maximum atomic E-state index is 11.1. The van der Waals surface area contributed by atoms with Gasteiger partial charge in [0.2, 0.25) is 0 Å². The lowest BCUT2D eigenvalue weighted by atomic mass is 9.95. The Morgan fingerprint density at radius 3 is 2.81 bits per heavy atom. The van der Waals surface area contributed by atoms with Crippen LogP contribution < -0.4 is 5.32 Å². The zero-order valence-corrected chi connectivity index (χ0v) is 8.72. The Balaban J connectivity index is 2.24. The van der Waals surface area contributed by atoms with Gasteiger partial charge in [-0.1, -0.05) is 30.3 Å². The van der Waals surface area contributed by atoms with Gasteiger partial charge in [0.1, 0.15) is 6.61 Å². The summed E-state index contributed by atoms with van der Waals surface area (Å²) >= 11 is 0. The van der Waals surface area contributed by atoms with Gasteiger partial charge in [-0.05, 0) is 5.56 Å². The second kappa shape index (κ2) is 4.77. The first-order chi connectivity index (χ1) is 7.81. The Morgan fingerprint density at radius 1 is 1.38 bits per heavy atom. The molecule has 1 aliphatic heterocycles. The van der Waals surface area contributed by atoms with Crippen molar-refractivity contribution in [2.24, 2.45) is 5.92 Å². The highest BCUT2D eigenvalue weighted by Crippen LogP contribution is 2.23. The largest absolute Gasteiger partial charge is 0.463 e. The molecule has 0 aliphatic carbocycles. The van der Waals surface area contributed by atoms with Crippen LogP contribution in [0.1, 0.15) is 11.6 Å². The van der Waals surface area contributed by atoms with Crippen molar-refractivity contribution < 1.29 is 9.53 Å². The quantitative estimate of drug-likeness (QED) is 0.712. The number of benzene rings is 1. The molecule has 2 rings (SSSR count). The van der Waals surface area contributed by atoms with Gasteiger partial charge in [-0.15, -0.1) is 0 Å². The van der Waals surface area contributed by atoms with Gasteiger partial charge in [0, 0.05) is 0 Å². The van der Waals surface area contributed by atoms with Crippen LogP contribution in [0.25, 0.3) is 0 Å². The van der Waals surface area contributed by atoms with Crippen molar-refractivity contribution in [3.63, 3.8) is 0 Å². The Hall–Kier alpha value is -1.86. The van der Waals surface area contributed by atoms with Crippen LogP contribution in [0, 0.1) is 17.2 Å². The number of cyclic esters (lactones) is 1. The molecule has 1 saturated heterocycles. The van der Waals surface area contributed by atoms with Gasteiger partial charge < -0.3 is 4.74 Å². The average molecular weight is 216 g/mol. The molecule has 2 unspecified atom stereocenters. The number of nitrogens with one attached hydrogen (secondary N) is 1. The molecular formula is C12H12N2O2. The summed E-state index contributed by atoms with van der Waals surface area (Å²) in [4.78, 5) is 11.1. The van der Waals surface area contributed by atoms with E-state index in [0.29, 0.717) is 0 Å². The monoisotopic (exact) mass is 216 g/mol. The summed E-state index contributed by atoms with van der Waals surface area (Å²) in [7, 11) is 0. The van der Waals surface area contributed by atoms with Crippen LogP contribution in [0.3, 0.4) is 0 Å². The standard InChI is InChI=1S/C12H12N2O2/c13-6-10-8-16-11(15)7-14-12(10)9-4-2-1-3-5-9/h1-5,10,12,14H,7-8H2. The summed E-state index contributed by atoms with van der Waals surface area (Å²) in [5, 5.41) is 12.1. The molecule has 4 nitrogen and oxygen atoms in total. The molecule has 0 saturated carbocycles. The van der Waals surface area contributed by atoms with Crippen molar-refractivity contribution in [2.75, 3.05) is 13.2 Å². The molecule has 4 heteroatoms. The van der Waals surface area contributed by atoms with Crippen LogP contribution in [0.15, 0.2) is 30.3 Å². The normalized spacial score (nSPS) is 25.3. The van der Waals surface area contributed by atoms with Gasteiger partial charge in [0.25, 0.3) is 0 Å². The molecule has 0 aromatic heterocycles. The maximum absolute atomic E-state index is 11.1. The molecule has 1 N–H and O–H groups in total. The van der Waals surface area contributed by atoms with E-state index in [9.17, 15) is 4.79 Å². The summed E-state index contributed by atoms with van der Waals surface area (Å²) in [5.74, 6) is -0.646. The third-order valence-corrected chi connectivity index (χ3v) is 2.62. The molecule has 1 fully saturated rings. The lowest BCUT2D eigenvalue weighted by Gasteiger charge is -2.19. The van der Waals surface area contributed by atoms with Crippen LogP contribution in [0.5, 0.6) is 0 Å². The second-order valence-corrected chi connectivity index (χ2v) is 3.69. The Kier molecular flexibility index (Phi) is 3.18. The molecule has 0 bridgehead atoms. The predicted molar refractivity (Wildman–Crippen MR) is 57.2 cm³/mol. The molecule has 1 aliphatic rings. The number of ether oxygens (including phenoxy) is 1. The molecule has 1 aromatic rings. The topological polar surface area (TPSA) is 62.1 Å². The van der Waals surface area contributed by atoms with Crippen LogP contribution in [-0.4, -0.2) is 19.1 Å². The summed E-state index contributed by atoms with van der Waals surface area (Å²) < 4.78 is 4.93. The Morgan fingerprint density at radius 2 is 2.12 bits per heavy atom. The van der Waals surface area contributed by atoms with Crippen molar-refractivity contribution in [1.82, 2.24) is 5.32 Å². The summed E-state index contributed by atoms with van der Waals surface area (Å²) in [6, 6.07) is 11.7. The minimum Gasteiger partial charge on any atom is -0.463 e. The number of nitriles is 1. The number of hydrogen-bond donors (Lipinski definition) is 1. The van der Waals surface area contributed by atoms with Crippen LogP contribution in [-0.2, 0) is 9.53 Å². The summed E-state index contributed by atoms with van der Waals surface area (Å²) in [6.45, 7) is 0.305. The van der Waals surface area contributed by atoms with E-state index in [1.54, 1.807) is 0 Å². The molecule has 0 spiro atoms. The SMILES string of the molecule is N#CC1COC(=O)CNC1c1ccccc1. The van der Waals surface area contributed by atoms with E-state index in [1.807, 2.05) is 30.3 Å². The van der Waals surface area contributed by atoms with Gasteiger partial charge >= 0.3 is 5.97 Å². The van der Waals surface area contributed by atoms with Gasteiger partial charge in [0.15, 0.2) is 0 Å². The third-order valence-electron chi connectivity index (χ3n) is 2.62. The fraction of sp³-hybridized carbons (Fsp3) is 0.333. The minimum atomic E-state index is -0.339. The second-order valence-electron chi connectivity index (χ2n) is 3.69. The van der Waals surface area contributed by atoms with Gasteiger partial charge in [0.05, 0.1) is 24.6 Å². The van der Waals surface area contributed by atoms with E-state index in [0.717, 1.165) is 5.56 Å². The Labute approximate surface area is 93.8 Å². The van der Waals surface area contributed by atoms with Crippen molar-refractivity contribution in [1.29, 1.82) is 5.26 Å².